The summed E-state index contributed by atoms with van der Waals surface area (Å²) in [6, 6.07) is 5.21. The van der Waals surface area contributed by atoms with Gasteiger partial charge in [0, 0.05) is 5.56 Å². The van der Waals surface area contributed by atoms with Crippen LogP contribution in [0.2, 0.25) is 0 Å². The van der Waals surface area contributed by atoms with Gasteiger partial charge in [-0.25, -0.2) is 4.79 Å². The molecule has 1 atom stereocenters. The summed E-state index contributed by atoms with van der Waals surface area (Å²) < 4.78 is 4.67. The number of esters is 1. The molecule has 104 valence electrons. The SMILES string of the molecule is CCCC[C@@H](NC(=O)c1ccc(O)cc1)C(=O)OC. The molecule has 5 heteroatoms. The number of benzene rings is 1. The molecule has 0 bridgehead atoms. The average molecular weight is 265 g/mol. The highest BCUT2D eigenvalue weighted by molar-refractivity contribution is 5.96. The second kappa shape index (κ2) is 7.41. The fourth-order valence-electron chi connectivity index (χ4n) is 1.65. The number of ether oxygens (including phenoxy) is 1. The summed E-state index contributed by atoms with van der Waals surface area (Å²) in [6.45, 7) is 2.01. The van der Waals surface area contributed by atoms with Gasteiger partial charge in [-0.3, -0.25) is 4.79 Å². The minimum absolute atomic E-state index is 0.0899. The number of hydrogen-bond acceptors (Lipinski definition) is 4. The molecule has 0 spiro atoms. The van der Waals surface area contributed by atoms with Crippen molar-refractivity contribution in [2.24, 2.45) is 0 Å². The second-order valence-corrected chi connectivity index (χ2v) is 4.24. The summed E-state index contributed by atoms with van der Waals surface area (Å²) in [5.74, 6) is -0.709. The van der Waals surface area contributed by atoms with Crippen LogP contribution in [0.1, 0.15) is 36.5 Å². The molecule has 0 unspecified atom stereocenters. The molecule has 1 aromatic rings. The zero-order valence-corrected chi connectivity index (χ0v) is 11.2. The quantitative estimate of drug-likeness (QED) is 0.770. The van der Waals surface area contributed by atoms with E-state index in [2.05, 4.69) is 10.1 Å². The van der Waals surface area contributed by atoms with E-state index < -0.39 is 12.0 Å². The van der Waals surface area contributed by atoms with Gasteiger partial charge in [-0.2, -0.15) is 0 Å². The number of aromatic hydroxyl groups is 1. The molecular weight excluding hydrogens is 246 g/mol. The Kier molecular flexibility index (Phi) is 5.85. The third-order valence-corrected chi connectivity index (χ3v) is 2.77. The van der Waals surface area contributed by atoms with Crippen LogP contribution >= 0.6 is 0 Å². The molecule has 2 N–H and O–H groups in total. The van der Waals surface area contributed by atoms with E-state index in [4.69, 9.17) is 5.11 Å². The minimum atomic E-state index is -0.633. The van der Waals surface area contributed by atoms with Crippen molar-refractivity contribution in [3.8, 4) is 5.75 Å². The average Bonchev–Trinajstić information content (AvgIpc) is 2.43. The smallest absolute Gasteiger partial charge is 0.328 e. The van der Waals surface area contributed by atoms with Gasteiger partial charge in [0.2, 0.25) is 0 Å². The Bertz CT molecular complexity index is 428. The lowest BCUT2D eigenvalue weighted by Gasteiger charge is -2.16. The molecule has 5 nitrogen and oxygen atoms in total. The molecule has 0 aliphatic carbocycles. The van der Waals surface area contributed by atoms with Crippen LogP contribution in [0.5, 0.6) is 5.75 Å². The number of carbonyl (C=O) groups excluding carboxylic acids is 2. The predicted octanol–water partition coefficient (Wildman–Crippen LogP) is 1.85. The van der Waals surface area contributed by atoms with Gasteiger partial charge in [-0.1, -0.05) is 19.8 Å². The molecule has 0 aliphatic rings. The molecule has 1 amide bonds. The normalized spacial score (nSPS) is 11.7. The first-order valence-electron chi connectivity index (χ1n) is 6.26. The third-order valence-electron chi connectivity index (χ3n) is 2.77. The third kappa shape index (κ3) is 4.62. The van der Waals surface area contributed by atoms with Crippen molar-refractivity contribution in [3.63, 3.8) is 0 Å². The van der Waals surface area contributed by atoms with Crippen LogP contribution in [0.25, 0.3) is 0 Å². The van der Waals surface area contributed by atoms with Crippen LogP contribution in [0, 0.1) is 0 Å². The maximum absolute atomic E-state index is 11.9. The van der Waals surface area contributed by atoms with Crippen LogP contribution in [-0.4, -0.2) is 30.1 Å². The van der Waals surface area contributed by atoms with Crippen molar-refractivity contribution in [1.82, 2.24) is 5.32 Å². The largest absolute Gasteiger partial charge is 0.508 e. The topological polar surface area (TPSA) is 75.6 Å². The van der Waals surface area contributed by atoms with Gasteiger partial charge in [0.05, 0.1) is 7.11 Å². The number of phenols is 1. The van der Waals surface area contributed by atoms with E-state index in [-0.39, 0.29) is 11.7 Å². The molecular formula is C14H19NO4. The molecule has 0 heterocycles. The highest BCUT2D eigenvalue weighted by Crippen LogP contribution is 2.10. The molecule has 19 heavy (non-hydrogen) atoms. The lowest BCUT2D eigenvalue weighted by Crippen LogP contribution is -2.41. The van der Waals surface area contributed by atoms with Gasteiger partial charge < -0.3 is 15.2 Å². The number of methoxy groups -OCH3 is 1. The van der Waals surface area contributed by atoms with E-state index in [1.54, 1.807) is 0 Å². The van der Waals surface area contributed by atoms with Crippen molar-refractivity contribution in [2.75, 3.05) is 7.11 Å². The van der Waals surface area contributed by atoms with E-state index in [0.29, 0.717) is 12.0 Å². The van der Waals surface area contributed by atoms with E-state index in [1.807, 2.05) is 6.92 Å². The van der Waals surface area contributed by atoms with Crippen LogP contribution in [0.15, 0.2) is 24.3 Å². The first kappa shape index (κ1) is 15.0. The van der Waals surface area contributed by atoms with Gasteiger partial charge in [0.15, 0.2) is 0 Å². The summed E-state index contributed by atoms with van der Waals surface area (Å²) in [6.07, 6.45) is 2.31. The summed E-state index contributed by atoms with van der Waals surface area (Å²) in [5, 5.41) is 11.8. The van der Waals surface area contributed by atoms with Crippen molar-refractivity contribution in [1.29, 1.82) is 0 Å². The predicted molar refractivity (Wildman–Crippen MR) is 70.9 cm³/mol. The Morgan fingerprint density at radius 1 is 1.32 bits per heavy atom. The Labute approximate surface area is 112 Å². The monoisotopic (exact) mass is 265 g/mol. The van der Waals surface area contributed by atoms with Crippen molar-refractivity contribution >= 4 is 11.9 Å². The van der Waals surface area contributed by atoms with Crippen LogP contribution < -0.4 is 5.32 Å². The van der Waals surface area contributed by atoms with E-state index in [1.165, 1.54) is 31.4 Å². The van der Waals surface area contributed by atoms with Crippen molar-refractivity contribution in [2.45, 2.75) is 32.2 Å². The highest BCUT2D eigenvalue weighted by Gasteiger charge is 2.21. The van der Waals surface area contributed by atoms with Gasteiger partial charge >= 0.3 is 5.97 Å². The van der Waals surface area contributed by atoms with Gasteiger partial charge in [-0.15, -0.1) is 0 Å². The van der Waals surface area contributed by atoms with Crippen LogP contribution in [0.4, 0.5) is 0 Å². The summed E-state index contributed by atoms with van der Waals surface area (Å²) in [5.41, 5.74) is 0.392. The van der Waals surface area contributed by atoms with Crippen LogP contribution in [-0.2, 0) is 9.53 Å². The van der Waals surface area contributed by atoms with Crippen molar-refractivity contribution in [3.05, 3.63) is 29.8 Å². The first-order valence-corrected chi connectivity index (χ1v) is 6.26. The summed E-state index contributed by atoms with van der Waals surface area (Å²) in [7, 11) is 1.30. The molecule has 0 fully saturated rings. The molecule has 0 aliphatic heterocycles. The zero-order chi connectivity index (χ0) is 14.3. The Morgan fingerprint density at radius 3 is 2.47 bits per heavy atom. The Morgan fingerprint density at radius 2 is 1.95 bits per heavy atom. The van der Waals surface area contributed by atoms with E-state index >= 15 is 0 Å². The standard InChI is InChI=1S/C14H19NO4/c1-3-4-5-12(14(18)19-2)15-13(17)10-6-8-11(16)9-7-10/h6-9,12,16H,3-5H2,1-2H3,(H,15,17)/t12-/m1/s1. The van der Waals surface area contributed by atoms with Gasteiger partial charge in [0.25, 0.3) is 5.91 Å². The minimum Gasteiger partial charge on any atom is -0.508 e. The fourth-order valence-corrected chi connectivity index (χ4v) is 1.65. The van der Waals surface area contributed by atoms with Crippen molar-refractivity contribution < 1.29 is 19.4 Å². The number of hydrogen-bond donors (Lipinski definition) is 2. The van der Waals surface area contributed by atoms with E-state index in [9.17, 15) is 9.59 Å². The number of phenolic OH excluding ortho intramolecular Hbond substituents is 1. The van der Waals surface area contributed by atoms with Crippen LogP contribution in [0.3, 0.4) is 0 Å². The number of nitrogens with one attached hydrogen (secondary N) is 1. The lowest BCUT2D eigenvalue weighted by molar-refractivity contribution is -0.143. The maximum atomic E-state index is 11.9. The summed E-state index contributed by atoms with van der Waals surface area (Å²) in [4.78, 5) is 23.5. The summed E-state index contributed by atoms with van der Waals surface area (Å²) >= 11 is 0. The van der Waals surface area contributed by atoms with E-state index in [0.717, 1.165) is 12.8 Å². The highest BCUT2D eigenvalue weighted by atomic mass is 16.5. The molecule has 0 saturated carbocycles. The number of unbranched alkanes of at least 4 members (excludes halogenated alkanes) is 1. The number of rotatable bonds is 6. The fraction of sp³-hybridized carbons (Fsp3) is 0.429. The maximum Gasteiger partial charge on any atom is 0.328 e. The first-order chi connectivity index (χ1) is 9.08. The molecule has 1 rings (SSSR count). The lowest BCUT2D eigenvalue weighted by atomic mass is 10.1. The zero-order valence-electron chi connectivity index (χ0n) is 11.2. The molecule has 0 aromatic heterocycles. The van der Waals surface area contributed by atoms with Gasteiger partial charge in [-0.05, 0) is 30.7 Å². The molecule has 1 aromatic carbocycles. The number of amides is 1. The number of carbonyl (C=O) groups is 2. The Hall–Kier alpha value is -2.04. The second-order valence-electron chi connectivity index (χ2n) is 4.24. The Balaban J connectivity index is 2.69. The van der Waals surface area contributed by atoms with Gasteiger partial charge in [0.1, 0.15) is 11.8 Å². The molecule has 0 radical (unpaired) electrons. The molecule has 0 saturated heterocycles.